The largest absolute Gasteiger partial charge is 0.501 e. The van der Waals surface area contributed by atoms with Gasteiger partial charge in [0.05, 0.1) is 15.9 Å². The predicted molar refractivity (Wildman–Crippen MR) is 110 cm³/mol. The fraction of sp³-hybridized carbons (Fsp3) is 0.0455. The Bertz CT molecular complexity index is 1320. The van der Waals surface area contributed by atoms with Crippen molar-refractivity contribution in [2.75, 3.05) is 0 Å². The molecule has 1 heterocycles. The smallest absolute Gasteiger partial charge is 0.338 e. The molecule has 1 N–H and O–H groups in total. The van der Waals surface area contributed by atoms with Gasteiger partial charge in [-0.15, -0.1) is 0 Å². The summed E-state index contributed by atoms with van der Waals surface area (Å²) in [6, 6.07) is 20.3. The Labute approximate surface area is 170 Å². The molecule has 3 aromatic carbocycles. The molecule has 0 saturated heterocycles. The van der Waals surface area contributed by atoms with Crippen LogP contribution in [0.3, 0.4) is 0 Å². The summed E-state index contributed by atoms with van der Waals surface area (Å²) in [5.41, 5.74) is -1.02. The standard InChI is InChI=1S/C22H15F3N2O2S/c23-22(24,25)30(28,29)18-10-6-15(7-11-18)8-13-21-26-19-12-9-17(14-20(19)27-21)16-4-2-1-3-5-16/h1-14H,(H,26,27). The van der Waals surface area contributed by atoms with Crippen LogP contribution >= 0.6 is 0 Å². The number of aromatic nitrogens is 2. The highest BCUT2D eigenvalue weighted by atomic mass is 32.2. The van der Waals surface area contributed by atoms with E-state index in [0.29, 0.717) is 11.4 Å². The van der Waals surface area contributed by atoms with E-state index in [1.165, 1.54) is 12.1 Å². The van der Waals surface area contributed by atoms with E-state index in [-0.39, 0.29) is 0 Å². The number of nitrogens with zero attached hydrogens (tertiary/aromatic N) is 1. The zero-order valence-corrected chi connectivity index (χ0v) is 16.2. The van der Waals surface area contributed by atoms with Crippen LogP contribution in [-0.4, -0.2) is 23.9 Å². The van der Waals surface area contributed by atoms with E-state index in [2.05, 4.69) is 9.97 Å². The van der Waals surface area contributed by atoms with Gasteiger partial charge in [0.15, 0.2) is 0 Å². The second-order valence-corrected chi connectivity index (χ2v) is 8.51. The number of benzene rings is 3. The van der Waals surface area contributed by atoms with E-state index >= 15 is 0 Å². The van der Waals surface area contributed by atoms with Crippen molar-refractivity contribution in [3.8, 4) is 11.1 Å². The maximum Gasteiger partial charge on any atom is 0.501 e. The summed E-state index contributed by atoms with van der Waals surface area (Å²) in [4.78, 5) is 6.87. The molecule has 4 rings (SSSR count). The number of alkyl halides is 3. The molecule has 0 saturated carbocycles. The highest BCUT2D eigenvalue weighted by molar-refractivity contribution is 7.92. The van der Waals surface area contributed by atoms with Gasteiger partial charge in [0.25, 0.3) is 9.84 Å². The topological polar surface area (TPSA) is 62.8 Å². The number of H-pyrrole nitrogens is 1. The summed E-state index contributed by atoms with van der Waals surface area (Å²) in [5, 5.41) is 0. The number of hydrogen-bond acceptors (Lipinski definition) is 3. The predicted octanol–water partition coefficient (Wildman–Crippen LogP) is 5.69. The van der Waals surface area contributed by atoms with E-state index in [9.17, 15) is 21.6 Å². The summed E-state index contributed by atoms with van der Waals surface area (Å²) < 4.78 is 60.7. The summed E-state index contributed by atoms with van der Waals surface area (Å²) in [6.07, 6.45) is 3.31. The highest BCUT2D eigenvalue weighted by Crippen LogP contribution is 2.30. The van der Waals surface area contributed by atoms with Crippen LogP contribution in [-0.2, 0) is 9.84 Å². The second kappa shape index (κ2) is 7.46. The first-order chi connectivity index (χ1) is 14.2. The number of rotatable bonds is 4. The van der Waals surface area contributed by atoms with Crippen LogP contribution in [0.5, 0.6) is 0 Å². The number of hydrogen-bond donors (Lipinski definition) is 1. The first-order valence-electron chi connectivity index (χ1n) is 8.89. The Morgan fingerprint density at radius 2 is 1.53 bits per heavy atom. The van der Waals surface area contributed by atoms with Crippen LogP contribution in [0.15, 0.2) is 77.7 Å². The third kappa shape index (κ3) is 3.86. The zero-order valence-electron chi connectivity index (χ0n) is 15.4. The van der Waals surface area contributed by atoms with Gasteiger partial charge in [-0.1, -0.05) is 54.6 Å². The van der Waals surface area contributed by atoms with Crippen molar-refractivity contribution >= 4 is 33.0 Å². The maximum absolute atomic E-state index is 12.6. The van der Waals surface area contributed by atoms with Crippen molar-refractivity contribution in [3.05, 3.63) is 84.2 Å². The van der Waals surface area contributed by atoms with Crippen molar-refractivity contribution in [2.45, 2.75) is 10.4 Å². The molecule has 30 heavy (non-hydrogen) atoms. The molecule has 4 aromatic rings. The normalized spacial score (nSPS) is 12.6. The lowest BCUT2D eigenvalue weighted by atomic mass is 10.1. The zero-order chi connectivity index (χ0) is 21.4. The fourth-order valence-electron chi connectivity index (χ4n) is 2.99. The van der Waals surface area contributed by atoms with E-state index < -0.39 is 20.2 Å². The van der Waals surface area contributed by atoms with Gasteiger partial charge >= 0.3 is 5.51 Å². The number of sulfone groups is 1. The lowest BCUT2D eigenvalue weighted by molar-refractivity contribution is -0.0436. The third-order valence-electron chi connectivity index (χ3n) is 4.54. The first-order valence-corrected chi connectivity index (χ1v) is 10.4. The van der Waals surface area contributed by atoms with Crippen molar-refractivity contribution < 1.29 is 21.6 Å². The Kier molecular flexibility index (Phi) is 4.95. The monoisotopic (exact) mass is 428 g/mol. The van der Waals surface area contributed by atoms with Gasteiger partial charge in [0, 0.05) is 0 Å². The SMILES string of the molecule is O=S(=O)(c1ccc(C=Cc2nc3ccc(-c4ccccc4)cc3[nH]2)cc1)C(F)(F)F. The molecule has 0 fully saturated rings. The summed E-state index contributed by atoms with van der Waals surface area (Å²) in [7, 11) is -5.35. The molecule has 0 radical (unpaired) electrons. The lowest BCUT2D eigenvalue weighted by Gasteiger charge is -2.07. The van der Waals surface area contributed by atoms with Gasteiger partial charge in [-0.2, -0.15) is 13.2 Å². The average Bonchev–Trinajstić information content (AvgIpc) is 3.14. The molecule has 0 unspecified atom stereocenters. The minimum atomic E-state index is -5.35. The van der Waals surface area contributed by atoms with Gasteiger partial charge in [-0.25, -0.2) is 13.4 Å². The summed E-state index contributed by atoms with van der Waals surface area (Å²) in [6.45, 7) is 0. The molecule has 0 bridgehead atoms. The maximum atomic E-state index is 12.6. The van der Waals surface area contributed by atoms with Crippen LogP contribution in [0.1, 0.15) is 11.4 Å². The molecular formula is C22H15F3N2O2S. The molecular weight excluding hydrogens is 413 g/mol. The van der Waals surface area contributed by atoms with E-state index in [0.717, 1.165) is 34.3 Å². The molecule has 4 nitrogen and oxygen atoms in total. The average molecular weight is 428 g/mol. The minimum absolute atomic E-state index is 0.543. The fourth-order valence-corrected chi connectivity index (χ4v) is 3.75. The summed E-state index contributed by atoms with van der Waals surface area (Å²) in [5.74, 6) is 0.571. The van der Waals surface area contributed by atoms with E-state index in [4.69, 9.17) is 0 Å². The molecule has 8 heteroatoms. The Morgan fingerprint density at radius 3 is 2.20 bits per heavy atom. The van der Waals surface area contributed by atoms with Crippen LogP contribution in [0.2, 0.25) is 0 Å². The van der Waals surface area contributed by atoms with Gasteiger partial charge in [-0.3, -0.25) is 0 Å². The third-order valence-corrected chi connectivity index (χ3v) is 6.04. The lowest BCUT2D eigenvalue weighted by Crippen LogP contribution is -2.23. The van der Waals surface area contributed by atoms with Crippen molar-refractivity contribution in [1.82, 2.24) is 9.97 Å². The van der Waals surface area contributed by atoms with Crippen molar-refractivity contribution in [3.63, 3.8) is 0 Å². The van der Waals surface area contributed by atoms with Gasteiger partial charge in [0.1, 0.15) is 5.82 Å². The van der Waals surface area contributed by atoms with E-state index in [1.807, 2.05) is 48.5 Å². The van der Waals surface area contributed by atoms with Crippen molar-refractivity contribution in [1.29, 1.82) is 0 Å². The van der Waals surface area contributed by atoms with Gasteiger partial charge < -0.3 is 4.98 Å². The number of nitrogens with one attached hydrogen (secondary N) is 1. The second-order valence-electron chi connectivity index (χ2n) is 6.57. The number of aromatic amines is 1. The van der Waals surface area contributed by atoms with Crippen LogP contribution in [0.25, 0.3) is 34.3 Å². The molecule has 1 aromatic heterocycles. The van der Waals surface area contributed by atoms with Gasteiger partial charge in [-0.05, 0) is 47.0 Å². The van der Waals surface area contributed by atoms with Gasteiger partial charge in [0.2, 0.25) is 0 Å². The number of imidazole rings is 1. The molecule has 0 aliphatic heterocycles. The number of halogens is 3. The molecule has 152 valence electrons. The van der Waals surface area contributed by atoms with Crippen LogP contribution in [0.4, 0.5) is 13.2 Å². The molecule has 0 spiro atoms. The Balaban J connectivity index is 1.57. The first kappa shape index (κ1) is 19.9. The quantitative estimate of drug-likeness (QED) is 0.454. The molecule has 0 aliphatic carbocycles. The molecule has 0 amide bonds. The summed E-state index contributed by atoms with van der Waals surface area (Å²) >= 11 is 0. The minimum Gasteiger partial charge on any atom is -0.338 e. The molecule has 0 aliphatic rings. The van der Waals surface area contributed by atoms with Crippen LogP contribution < -0.4 is 0 Å². The highest BCUT2D eigenvalue weighted by Gasteiger charge is 2.46. The van der Waals surface area contributed by atoms with E-state index in [1.54, 1.807) is 12.2 Å². The Morgan fingerprint density at radius 1 is 0.833 bits per heavy atom. The van der Waals surface area contributed by atoms with Crippen molar-refractivity contribution in [2.24, 2.45) is 0 Å². The Hall–Kier alpha value is -3.39. The van der Waals surface area contributed by atoms with Crippen LogP contribution in [0, 0.1) is 0 Å². The molecule has 0 atom stereocenters. The number of fused-ring (bicyclic) bond motifs is 1.